The summed E-state index contributed by atoms with van der Waals surface area (Å²) in [5, 5.41) is 6.59. The molecule has 0 unspecified atom stereocenters. The zero-order chi connectivity index (χ0) is 16.5. The van der Waals surface area contributed by atoms with Crippen molar-refractivity contribution in [2.75, 3.05) is 33.2 Å². The summed E-state index contributed by atoms with van der Waals surface area (Å²) in [7, 11) is 2.07. The van der Waals surface area contributed by atoms with Crippen LogP contribution < -0.4 is 5.32 Å². The van der Waals surface area contributed by atoms with E-state index in [0.29, 0.717) is 6.04 Å². The average Bonchev–Trinajstić information content (AvgIpc) is 2.87. The van der Waals surface area contributed by atoms with Crippen LogP contribution >= 0.6 is 35.3 Å². The van der Waals surface area contributed by atoms with Gasteiger partial charge in [0.1, 0.15) is 0 Å². The molecule has 0 aliphatic rings. The van der Waals surface area contributed by atoms with Gasteiger partial charge in [0.2, 0.25) is 0 Å². The third kappa shape index (κ3) is 8.30. The zero-order valence-corrected chi connectivity index (χ0v) is 18.4. The van der Waals surface area contributed by atoms with E-state index < -0.39 is 0 Å². The van der Waals surface area contributed by atoms with Crippen LogP contribution in [0.1, 0.15) is 38.4 Å². The maximum absolute atomic E-state index is 4.75. The fraction of sp³-hybridized carbons (Fsp3) is 0.750. The topological polar surface area (TPSA) is 43.8 Å². The molecule has 0 aliphatic heterocycles. The second-order valence-corrected chi connectivity index (χ2v) is 6.73. The van der Waals surface area contributed by atoms with Gasteiger partial charge in [-0.15, -0.1) is 35.3 Å². The third-order valence-corrected chi connectivity index (χ3v) is 4.37. The van der Waals surface area contributed by atoms with Crippen molar-refractivity contribution in [3.05, 3.63) is 16.1 Å². The number of aromatic nitrogens is 1. The molecular formula is C16H32IN5S. The zero-order valence-electron chi connectivity index (χ0n) is 15.3. The Balaban J connectivity index is 0.00000484. The molecule has 7 heteroatoms. The Bertz CT molecular complexity index is 461. The number of likely N-dealkylation sites (N-methyl/N-ethyl adjacent to an activating group) is 1. The van der Waals surface area contributed by atoms with Crippen molar-refractivity contribution in [2.45, 2.75) is 47.2 Å². The summed E-state index contributed by atoms with van der Waals surface area (Å²) in [5.74, 6) is 0.952. The predicted molar refractivity (Wildman–Crippen MR) is 112 cm³/mol. The minimum atomic E-state index is 0. The van der Waals surface area contributed by atoms with Crippen molar-refractivity contribution in [3.63, 3.8) is 0 Å². The molecule has 0 saturated carbocycles. The van der Waals surface area contributed by atoms with Gasteiger partial charge in [0, 0.05) is 31.6 Å². The number of aliphatic imine (C=N–C) groups is 1. The monoisotopic (exact) mass is 453 g/mol. The van der Waals surface area contributed by atoms with E-state index in [4.69, 9.17) is 4.99 Å². The smallest absolute Gasteiger partial charge is 0.194 e. The molecule has 0 amide bonds. The summed E-state index contributed by atoms with van der Waals surface area (Å²) in [6, 6.07) is 0.568. The van der Waals surface area contributed by atoms with Gasteiger partial charge in [0.15, 0.2) is 5.96 Å². The Labute approximate surface area is 162 Å². The van der Waals surface area contributed by atoms with E-state index in [9.17, 15) is 0 Å². The molecule has 0 spiro atoms. The van der Waals surface area contributed by atoms with Crippen LogP contribution in [0.2, 0.25) is 0 Å². The molecule has 1 rings (SSSR count). The van der Waals surface area contributed by atoms with Gasteiger partial charge in [-0.2, -0.15) is 0 Å². The Kier molecular flexibility index (Phi) is 11.8. The molecule has 23 heavy (non-hydrogen) atoms. The summed E-state index contributed by atoms with van der Waals surface area (Å²) in [6.07, 6.45) is 0. The maximum atomic E-state index is 4.75. The number of guanidine groups is 1. The number of rotatable bonds is 8. The number of halogens is 1. The molecule has 1 aromatic rings. The molecule has 1 aromatic heterocycles. The molecule has 0 atom stereocenters. The molecule has 0 aromatic carbocycles. The largest absolute Gasteiger partial charge is 0.357 e. The molecule has 5 nitrogen and oxygen atoms in total. The third-order valence-electron chi connectivity index (χ3n) is 3.55. The highest BCUT2D eigenvalue weighted by atomic mass is 127. The van der Waals surface area contributed by atoms with E-state index in [-0.39, 0.29) is 24.0 Å². The van der Waals surface area contributed by atoms with Gasteiger partial charge in [-0.25, -0.2) is 4.98 Å². The highest BCUT2D eigenvalue weighted by Gasteiger charge is 2.10. The lowest BCUT2D eigenvalue weighted by Crippen LogP contribution is -2.39. The summed E-state index contributed by atoms with van der Waals surface area (Å²) < 4.78 is 0. The standard InChI is InChI=1S/C16H31N5S.HI/c1-7-17-16(18-9-10-21(8-2)13(3)4)20(6)11-15-12-22-14(5)19-15;/h12-13H,7-11H2,1-6H3,(H,17,18);1H. The van der Waals surface area contributed by atoms with Crippen molar-refractivity contribution in [2.24, 2.45) is 4.99 Å². The first kappa shape index (κ1) is 22.6. The highest BCUT2D eigenvalue weighted by molar-refractivity contribution is 14.0. The first-order valence-electron chi connectivity index (χ1n) is 8.12. The second kappa shape index (κ2) is 12.0. The highest BCUT2D eigenvalue weighted by Crippen LogP contribution is 2.09. The number of thiazole rings is 1. The molecule has 0 radical (unpaired) electrons. The van der Waals surface area contributed by atoms with Crippen molar-refractivity contribution < 1.29 is 0 Å². The van der Waals surface area contributed by atoms with Crippen molar-refractivity contribution in [1.29, 1.82) is 0 Å². The Morgan fingerprint density at radius 1 is 1.39 bits per heavy atom. The van der Waals surface area contributed by atoms with Gasteiger partial charge >= 0.3 is 0 Å². The number of hydrogen-bond donors (Lipinski definition) is 1. The van der Waals surface area contributed by atoms with Gasteiger partial charge in [-0.1, -0.05) is 6.92 Å². The van der Waals surface area contributed by atoms with Crippen LogP contribution in [0.4, 0.5) is 0 Å². The number of nitrogens with one attached hydrogen (secondary N) is 1. The number of hydrogen-bond acceptors (Lipinski definition) is 4. The van der Waals surface area contributed by atoms with E-state index in [1.165, 1.54) is 0 Å². The summed E-state index contributed by atoms with van der Waals surface area (Å²) in [6.45, 7) is 15.3. The van der Waals surface area contributed by atoms with Crippen LogP contribution in [-0.4, -0.2) is 60.0 Å². The van der Waals surface area contributed by atoms with Gasteiger partial charge in [-0.05, 0) is 34.2 Å². The van der Waals surface area contributed by atoms with E-state index in [1.54, 1.807) is 11.3 Å². The van der Waals surface area contributed by atoms with Gasteiger partial charge in [0.05, 0.1) is 23.8 Å². The summed E-state index contributed by atoms with van der Waals surface area (Å²) >= 11 is 1.69. The van der Waals surface area contributed by atoms with Crippen LogP contribution in [0.3, 0.4) is 0 Å². The van der Waals surface area contributed by atoms with E-state index in [2.05, 4.69) is 60.2 Å². The number of aryl methyl sites for hydroxylation is 1. The summed E-state index contributed by atoms with van der Waals surface area (Å²) in [5.41, 5.74) is 1.10. The lowest BCUT2D eigenvalue weighted by molar-refractivity contribution is 0.240. The SMILES string of the molecule is CCNC(=NCCN(CC)C(C)C)N(C)Cc1csc(C)n1.I. The fourth-order valence-electron chi connectivity index (χ4n) is 2.33. The van der Waals surface area contributed by atoms with E-state index in [0.717, 1.165) is 49.4 Å². The minimum Gasteiger partial charge on any atom is -0.357 e. The fourth-order valence-corrected chi connectivity index (χ4v) is 2.94. The predicted octanol–water partition coefficient (Wildman–Crippen LogP) is 3.20. The van der Waals surface area contributed by atoms with Crippen molar-refractivity contribution >= 4 is 41.3 Å². The van der Waals surface area contributed by atoms with Gasteiger partial charge in [0.25, 0.3) is 0 Å². The number of nitrogens with zero attached hydrogens (tertiary/aromatic N) is 4. The first-order valence-corrected chi connectivity index (χ1v) is 9.00. The average molecular weight is 453 g/mol. The van der Waals surface area contributed by atoms with E-state index in [1.807, 2.05) is 6.92 Å². The molecule has 0 bridgehead atoms. The minimum absolute atomic E-state index is 0. The molecule has 0 fully saturated rings. The van der Waals surface area contributed by atoms with Crippen LogP contribution in [0.5, 0.6) is 0 Å². The van der Waals surface area contributed by atoms with Gasteiger partial charge < -0.3 is 10.2 Å². The Morgan fingerprint density at radius 2 is 2.09 bits per heavy atom. The second-order valence-electron chi connectivity index (χ2n) is 5.67. The van der Waals surface area contributed by atoms with Crippen LogP contribution in [-0.2, 0) is 6.54 Å². The molecule has 1 heterocycles. The lowest BCUT2D eigenvalue weighted by Gasteiger charge is -2.25. The molecule has 0 aliphatic carbocycles. The molecule has 134 valence electrons. The lowest BCUT2D eigenvalue weighted by atomic mass is 10.3. The Morgan fingerprint density at radius 3 is 2.57 bits per heavy atom. The van der Waals surface area contributed by atoms with Crippen molar-refractivity contribution in [3.8, 4) is 0 Å². The summed E-state index contributed by atoms with van der Waals surface area (Å²) in [4.78, 5) is 13.8. The maximum Gasteiger partial charge on any atom is 0.194 e. The Hall–Kier alpha value is -0.410. The molecular weight excluding hydrogens is 421 g/mol. The van der Waals surface area contributed by atoms with Crippen LogP contribution in [0.15, 0.2) is 10.4 Å². The molecule has 0 saturated heterocycles. The van der Waals surface area contributed by atoms with Crippen molar-refractivity contribution in [1.82, 2.24) is 20.1 Å². The van der Waals surface area contributed by atoms with Crippen LogP contribution in [0.25, 0.3) is 0 Å². The molecule has 1 N–H and O–H groups in total. The van der Waals surface area contributed by atoms with Crippen LogP contribution in [0, 0.1) is 6.92 Å². The quantitative estimate of drug-likeness (QED) is 0.373. The normalized spacial score (nSPS) is 11.7. The first-order chi connectivity index (χ1) is 10.5. The van der Waals surface area contributed by atoms with E-state index >= 15 is 0 Å². The van der Waals surface area contributed by atoms with Gasteiger partial charge in [-0.3, -0.25) is 9.89 Å².